The van der Waals surface area contributed by atoms with Crippen LogP contribution in [0.5, 0.6) is 5.75 Å². The molecule has 816 valence electrons. The Morgan fingerprint density at radius 1 is 0.423 bits per heavy atom. The molecule has 4 aromatic carbocycles. The number of para-hydroxylation sites is 1. The van der Waals surface area contributed by atoms with Gasteiger partial charge in [0.2, 0.25) is 100 Å². The molecular weight excluding hydrogens is 1960 g/mol. The Bertz CT molecular complexity index is 5370. The number of benzene rings is 4. The fourth-order valence-corrected chi connectivity index (χ4v) is 16.9. The number of aromatic nitrogens is 1. The molecule has 2 saturated heterocycles. The second-order valence-corrected chi connectivity index (χ2v) is 38.2. The average molecular weight is 2100 g/mol. The number of rotatable bonds is 63. The van der Waals surface area contributed by atoms with Crippen molar-refractivity contribution in [1.29, 1.82) is 5.41 Å². The van der Waals surface area contributed by atoms with Gasteiger partial charge in [0.05, 0.1) is 45.4 Å². The first-order chi connectivity index (χ1) is 71.0. The Labute approximate surface area is 866 Å². The molecule has 0 radical (unpaired) electrons. The molecule has 50 heteroatoms. The zero-order chi connectivity index (χ0) is 110. The number of carbonyl (C=O) groups is 19. The molecule has 149 heavy (non-hydrogen) atoms. The number of fused-ring (bicyclic) bond motifs is 1. The number of hydrogen-bond acceptors (Lipinski definition) is 28. The number of nitrogens with zero attached hydrogens (tertiary/aromatic N) is 1. The van der Waals surface area contributed by atoms with Crippen molar-refractivity contribution in [3.8, 4) is 5.75 Å². The lowest BCUT2D eigenvalue weighted by Crippen LogP contribution is -2.62. The third kappa shape index (κ3) is 40.3. The minimum Gasteiger partial charge on any atom is -0.508 e. The van der Waals surface area contributed by atoms with Crippen LogP contribution in [-0.4, -0.2) is 332 Å². The first-order valence-electron chi connectivity index (χ1n) is 49.5. The molecule has 2 aliphatic rings. The van der Waals surface area contributed by atoms with Gasteiger partial charge in [-0.3, -0.25) is 91.7 Å². The van der Waals surface area contributed by atoms with Gasteiger partial charge in [0.15, 0.2) is 5.96 Å². The predicted octanol–water partition coefficient (Wildman–Crippen LogP) is -5.74. The summed E-state index contributed by atoms with van der Waals surface area (Å²) in [5.74, 6) is -22.3. The van der Waals surface area contributed by atoms with E-state index in [2.05, 4.69) is 113 Å². The second-order valence-electron chi connectivity index (χ2n) is 37.9. The number of likely N-dealkylation sites (tertiary alicyclic amines) is 1. The van der Waals surface area contributed by atoms with Crippen LogP contribution in [0.1, 0.15) is 147 Å². The number of carboxylic acids is 2. The molecule has 2 aliphatic heterocycles. The molecule has 7 rings (SSSR count). The molecule has 0 unspecified atom stereocenters. The molecule has 5 aromatic rings. The third-order valence-electron chi connectivity index (χ3n) is 24.5. The summed E-state index contributed by atoms with van der Waals surface area (Å²) in [4.78, 5) is 272. The minimum absolute atomic E-state index is 0.0123. The van der Waals surface area contributed by atoms with E-state index in [4.69, 9.17) is 16.9 Å². The summed E-state index contributed by atoms with van der Waals surface area (Å²) >= 11 is 4.34. The Balaban J connectivity index is 0.990. The maximum atomic E-state index is 14.7. The van der Waals surface area contributed by atoms with Crippen molar-refractivity contribution in [3.05, 3.63) is 138 Å². The molecule has 0 bridgehead atoms. The van der Waals surface area contributed by atoms with E-state index < -0.39 is 285 Å². The number of aliphatic hydroxyl groups excluding tert-OH is 4. The highest BCUT2D eigenvalue weighted by molar-refractivity contribution is 7.80. The van der Waals surface area contributed by atoms with Crippen LogP contribution in [-0.2, 0) is 117 Å². The number of guanidine groups is 1. The number of carboxylic acid groups (broad SMARTS) is 2. The van der Waals surface area contributed by atoms with Crippen molar-refractivity contribution in [2.45, 2.75) is 253 Å². The number of aliphatic carboxylic acids is 2. The minimum atomic E-state index is -2.06. The van der Waals surface area contributed by atoms with Crippen LogP contribution in [0, 0.1) is 23.2 Å². The first-order valence-corrected chi connectivity index (χ1v) is 50.1. The van der Waals surface area contributed by atoms with Crippen molar-refractivity contribution in [2.24, 2.45) is 29.2 Å². The number of aromatic amines is 1. The van der Waals surface area contributed by atoms with Gasteiger partial charge in [-0.1, -0.05) is 133 Å². The maximum Gasteiger partial charge on any atom is 0.326 e. The lowest BCUT2D eigenvalue weighted by molar-refractivity contribution is -0.143. The number of H-pyrrole nitrogens is 1. The van der Waals surface area contributed by atoms with Gasteiger partial charge < -0.3 is 153 Å². The summed E-state index contributed by atoms with van der Waals surface area (Å²) in [5.41, 5.74) is 13.6. The van der Waals surface area contributed by atoms with Crippen LogP contribution in [0.2, 0.25) is 0 Å². The Hall–Kier alpha value is -14.5. The molecule has 17 atom stereocenters. The van der Waals surface area contributed by atoms with Gasteiger partial charge in [0.25, 0.3) is 0 Å². The molecule has 17 amide bonds. The second kappa shape index (κ2) is 62.0. The van der Waals surface area contributed by atoms with E-state index in [1.807, 2.05) is 0 Å². The number of amides is 17. The maximum absolute atomic E-state index is 14.7. The van der Waals surface area contributed by atoms with E-state index in [0.717, 1.165) is 11.3 Å². The predicted molar refractivity (Wildman–Crippen MR) is 544 cm³/mol. The fourth-order valence-electron chi connectivity index (χ4n) is 16.7. The summed E-state index contributed by atoms with van der Waals surface area (Å²) in [5, 5.41) is 126. The molecule has 49 nitrogen and oxygen atoms in total. The highest BCUT2D eigenvalue weighted by Crippen LogP contribution is 2.24. The van der Waals surface area contributed by atoms with E-state index in [1.165, 1.54) is 30.5 Å². The van der Waals surface area contributed by atoms with Gasteiger partial charge in [0.1, 0.15) is 102 Å². The number of carbonyl (C=O) groups excluding carboxylic acids is 17. The van der Waals surface area contributed by atoms with Gasteiger partial charge in [-0.2, -0.15) is 12.6 Å². The lowest BCUT2D eigenvalue weighted by Gasteiger charge is -2.30. The summed E-state index contributed by atoms with van der Waals surface area (Å²) in [7, 11) is 0. The third-order valence-corrected chi connectivity index (χ3v) is 24.9. The smallest absolute Gasteiger partial charge is 0.326 e. The highest BCUT2D eigenvalue weighted by Gasteiger charge is 2.43. The number of thiol groups is 1. The van der Waals surface area contributed by atoms with E-state index >= 15 is 0 Å². The summed E-state index contributed by atoms with van der Waals surface area (Å²) < 4.78 is 0. The van der Waals surface area contributed by atoms with Crippen molar-refractivity contribution >= 4 is 142 Å². The van der Waals surface area contributed by atoms with Crippen LogP contribution in [0.4, 0.5) is 0 Å². The largest absolute Gasteiger partial charge is 0.508 e. The van der Waals surface area contributed by atoms with Crippen molar-refractivity contribution < 1.29 is 127 Å². The number of aromatic hydroxyl groups is 1. The number of aliphatic hydroxyl groups is 4. The number of phenolic OH excluding ortho intramolecular Hbond substituents is 1. The lowest BCUT2D eigenvalue weighted by atomic mass is 9.99. The van der Waals surface area contributed by atoms with E-state index in [0.29, 0.717) is 59.0 Å². The molecule has 3 heterocycles. The van der Waals surface area contributed by atoms with Gasteiger partial charge in [-0.15, -0.1) is 0 Å². The van der Waals surface area contributed by atoms with E-state index in [-0.39, 0.29) is 101 Å². The number of nitrogens with two attached hydrogens (primary N) is 2. The summed E-state index contributed by atoms with van der Waals surface area (Å²) in [6.07, 6.45) is 1.09. The molecule has 2 fully saturated rings. The Morgan fingerprint density at radius 3 is 1.26 bits per heavy atom. The molecule has 1 aromatic heterocycles. The van der Waals surface area contributed by atoms with E-state index in [1.54, 1.807) is 126 Å². The van der Waals surface area contributed by atoms with Gasteiger partial charge in [-0.05, 0) is 148 Å². The quantitative estimate of drug-likeness (QED) is 0.00746. The Kier molecular flexibility index (Phi) is 50.5. The van der Waals surface area contributed by atoms with Crippen LogP contribution in [0.15, 0.2) is 115 Å². The van der Waals surface area contributed by atoms with Crippen LogP contribution in [0.3, 0.4) is 0 Å². The number of unbranched alkanes of at least 4 members (excludes halogenated alkanes) is 1. The number of phenols is 1. The summed E-state index contributed by atoms with van der Waals surface area (Å²) in [6, 6.07) is 2.20. The van der Waals surface area contributed by atoms with Crippen molar-refractivity contribution in [2.75, 3.05) is 64.9 Å². The van der Waals surface area contributed by atoms with Gasteiger partial charge in [0, 0.05) is 61.6 Å². The van der Waals surface area contributed by atoms with Crippen molar-refractivity contribution in [1.82, 2.24) is 106 Å². The normalized spacial score (nSPS) is 16.3. The first kappa shape index (κ1) is 121. The van der Waals surface area contributed by atoms with Gasteiger partial charge in [-0.25, -0.2) is 4.79 Å². The molecule has 0 saturated carbocycles. The standard InChI is InChI=1S/C99H143N23O26S/c1-53(2)38-66(110-83(132)64(26-15-16-34-100)108-87(136)69(41-56-20-9-7-10-21-56)107-80(128)47-106-82(131)63-27-17-35-103-63)85(134)113-70(42-57-22-11-8-12-23-57)89(138)118-76(50-125)95(144)121-78(52-149)97(146)122-37-19-29-79(122)96(145)120-77(51-126)93(142)112-67(39-54(3)4)84(133)111-68(40-55(5)6)86(135)117-75(49-124)94(143)119-74(48-123)92(141)115-72(44-59-46-105-62-25-14-13-24-61(59)62)90(139)116-73(45-81(129)130)91(140)114-71(43-58-30-32-60(127)33-31-58)88(137)109-65(98(147)148)28-18-36-104-99(101)102/h7-14,20-25,30-33,46,53-55,63-79,103,105,123-127,149H,15-19,26-29,34-45,47-52,100H2,1-6H3,(H,106,131)(H,107,128)(H,108,136)(H,109,137)(H,110,132)(H,111,133)(H,112,142)(H,113,134)(H,114,140)(H,115,141)(H,116,139)(H,117,135)(H,118,138)(H,119,143)(H,120,145)(H,121,144)(H,129,130)(H,147,148)(H4,101,102,104)/t63-,64-,65-,66-,67-,68-,69-,70-,71-,72-,73-,74-,75-,76-,77-,78-,79-/m0/s1. The van der Waals surface area contributed by atoms with Crippen LogP contribution < -0.4 is 107 Å². The molecule has 0 spiro atoms. The Morgan fingerprint density at radius 2 is 0.812 bits per heavy atom. The molecule has 0 aliphatic carbocycles. The highest BCUT2D eigenvalue weighted by atomic mass is 32.1. The SMILES string of the molecule is CC(C)C[C@H](NC(=O)[C@H](CCCCN)NC(=O)[C@H](Cc1ccccc1)NC(=O)CNC(=O)[C@@H]1CCCN1)C(=O)N[C@@H](Cc1ccccc1)C(=O)N[C@@H](CO)C(=O)N[C@@H](CS)C(=O)N1CCC[C@H]1C(=O)N[C@@H](CO)C(=O)N[C@@H](CC(C)C)C(=O)N[C@@H](CC(C)C)C(=O)N[C@@H](CO)C(=O)N[C@@H](CO)C(=O)N[C@@H](Cc1c[nH]c2ccccc12)C(=O)N[C@@H](CC(=O)O)C(=O)N[C@@H](Cc1ccc(O)cc1)C(=O)N[C@@H](CCCNC(=N)N)C(=O)O. The van der Waals surface area contributed by atoms with Crippen LogP contribution >= 0.6 is 12.6 Å². The number of hydrogen-bond donors (Lipinski definition) is 30. The van der Waals surface area contributed by atoms with E-state index in [9.17, 15) is 127 Å². The topological polar surface area (TPSA) is 777 Å². The summed E-state index contributed by atoms with van der Waals surface area (Å²) in [6.45, 7) is 5.98. The number of nitrogens with one attached hydrogen (secondary N) is 20. The molecule has 31 N–H and O–H groups in total. The average Bonchev–Trinajstić information content (AvgIpc) is 1.69. The van der Waals surface area contributed by atoms with Crippen LogP contribution in [0.25, 0.3) is 10.9 Å². The zero-order valence-corrected chi connectivity index (χ0v) is 84.9. The molecular formula is C99H143N23O26S. The van der Waals surface area contributed by atoms with Crippen molar-refractivity contribution in [3.63, 3.8) is 0 Å². The van der Waals surface area contributed by atoms with Gasteiger partial charge >= 0.3 is 11.9 Å². The zero-order valence-electron chi connectivity index (χ0n) is 84.0. The monoisotopic (exact) mass is 2100 g/mol. The fraction of sp³-hybridized carbons (Fsp3) is 0.535.